The third kappa shape index (κ3) is 2.71. The van der Waals surface area contributed by atoms with Crippen LogP contribution in [0.2, 0.25) is 0 Å². The molecule has 1 aliphatic carbocycles. The predicted molar refractivity (Wildman–Crippen MR) is 98.5 cm³/mol. The standard InChI is InChI=1S/C19H23N3OS/c1-19(10-17(23)22(2)18(20)21-19)14-7-8-16-15(9-14)13(11-24-16)6-5-12-3-4-12/h7-9,11-12H,3-6,10H2,1-2H3,(H2,20,21)/t19-/m0/s1. The van der Waals surface area contributed by atoms with Crippen molar-refractivity contribution in [1.29, 1.82) is 5.41 Å². The summed E-state index contributed by atoms with van der Waals surface area (Å²) in [5.41, 5.74) is 2.01. The summed E-state index contributed by atoms with van der Waals surface area (Å²) >= 11 is 1.80. The second-order valence-corrected chi connectivity index (χ2v) is 8.30. The van der Waals surface area contributed by atoms with E-state index in [-0.39, 0.29) is 11.9 Å². The van der Waals surface area contributed by atoms with Crippen molar-refractivity contribution in [2.24, 2.45) is 5.92 Å². The van der Waals surface area contributed by atoms with Gasteiger partial charge in [0.05, 0.1) is 12.0 Å². The highest BCUT2D eigenvalue weighted by molar-refractivity contribution is 7.17. The van der Waals surface area contributed by atoms with Gasteiger partial charge in [-0.3, -0.25) is 15.1 Å². The molecule has 0 spiro atoms. The first-order chi connectivity index (χ1) is 11.5. The van der Waals surface area contributed by atoms with E-state index in [0.717, 1.165) is 17.9 Å². The predicted octanol–water partition coefficient (Wildman–Crippen LogP) is 3.85. The van der Waals surface area contributed by atoms with Crippen LogP contribution in [0, 0.1) is 11.3 Å². The van der Waals surface area contributed by atoms with Crippen LogP contribution in [0.1, 0.15) is 43.7 Å². The molecule has 24 heavy (non-hydrogen) atoms. The van der Waals surface area contributed by atoms with Gasteiger partial charge in [-0.1, -0.05) is 18.9 Å². The van der Waals surface area contributed by atoms with Gasteiger partial charge in [0.25, 0.3) is 0 Å². The van der Waals surface area contributed by atoms with Crippen LogP contribution in [0.4, 0.5) is 0 Å². The number of hydrogen-bond donors (Lipinski definition) is 2. The van der Waals surface area contributed by atoms with Crippen LogP contribution in [-0.4, -0.2) is 23.8 Å². The second-order valence-electron chi connectivity index (χ2n) is 7.39. The maximum Gasteiger partial charge on any atom is 0.231 e. The summed E-state index contributed by atoms with van der Waals surface area (Å²) in [5, 5.41) is 14.8. The number of aryl methyl sites for hydroxylation is 1. The number of carbonyl (C=O) groups is 1. The van der Waals surface area contributed by atoms with E-state index in [0.29, 0.717) is 6.42 Å². The average Bonchev–Trinajstić information content (AvgIpc) is 3.29. The third-order valence-electron chi connectivity index (χ3n) is 5.42. The molecule has 1 aromatic heterocycles. The summed E-state index contributed by atoms with van der Waals surface area (Å²) in [7, 11) is 1.65. The zero-order valence-electron chi connectivity index (χ0n) is 14.2. The monoisotopic (exact) mass is 341 g/mol. The van der Waals surface area contributed by atoms with E-state index in [4.69, 9.17) is 5.41 Å². The first kappa shape index (κ1) is 15.6. The highest BCUT2D eigenvalue weighted by Gasteiger charge is 2.38. The molecular weight excluding hydrogens is 318 g/mol. The van der Waals surface area contributed by atoms with Crippen molar-refractivity contribution in [3.8, 4) is 0 Å². The van der Waals surface area contributed by atoms with Gasteiger partial charge in [-0.05, 0) is 59.7 Å². The summed E-state index contributed by atoms with van der Waals surface area (Å²) < 4.78 is 1.31. The van der Waals surface area contributed by atoms with Gasteiger partial charge >= 0.3 is 0 Å². The Hall–Kier alpha value is -1.88. The lowest BCUT2D eigenvalue weighted by atomic mass is 9.85. The molecule has 1 saturated heterocycles. The van der Waals surface area contributed by atoms with Crippen LogP contribution >= 0.6 is 11.3 Å². The Balaban J connectivity index is 1.67. The lowest BCUT2D eigenvalue weighted by Gasteiger charge is -2.39. The van der Waals surface area contributed by atoms with Crippen molar-refractivity contribution in [2.75, 3.05) is 7.05 Å². The van der Waals surface area contributed by atoms with Gasteiger partial charge in [-0.15, -0.1) is 11.3 Å². The van der Waals surface area contributed by atoms with E-state index >= 15 is 0 Å². The van der Waals surface area contributed by atoms with Crippen LogP contribution in [0.5, 0.6) is 0 Å². The molecule has 2 fully saturated rings. The summed E-state index contributed by atoms with van der Waals surface area (Å²) in [6.45, 7) is 2.02. The lowest BCUT2D eigenvalue weighted by Crippen LogP contribution is -2.58. The van der Waals surface area contributed by atoms with Crippen molar-refractivity contribution in [2.45, 2.75) is 44.6 Å². The Morgan fingerprint density at radius 3 is 2.92 bits per heavy atom. The SMILES string of the molecule is CN1C(=N)N[C@](C)(c2ccc3scc(CCC4CC4)c3c2)CC1=O. The zero-order valence-corrected chi connectivity index (χ0v) is 15.0. The Bertz CT molecular complexity index is 803. The normalized spacial score (nSPS) is 24.5. The largest absolute Gasteiger partial charge is 0.346 e. The molecule has 0 unspecified atom stereocenters. The molecule has 0 radical (unpaired) electrons. The van der Waals surface area contributed by atoms with Gasteiger partial charge in [-0.2, -0.15) is 0 Å². The van der Waals surface area contributed by atoms with Gasteiger partial charge in [0.1, 0.15) is 0 Å². The van der Waals surface area contributed by atoms with E-state index < -0.39 is 5.54 Å². The fraction of sp³-hybridized carbons (Fsp3) is 0.474. The summed E-state index contributed by atoms with van der Waals surface area (Å²) in [6.07, 6.45) is 5.61. The van der Waals surface area contributed by atoms with Gasteiger partial charge < -0.3 is 5.32 Å². The van der Waals surface area contributed by atoms with Crippen molar-refractivity contribution in [3.05, 3.63) is 34.7 Å². The minimum absolute atomic E-state index is 0.0133. The average molecular weight is 341 g/mol. The van der Waals surface area contributed by atoms with E-state index in [1.807, 2.05) is 6.92 Å². The molecule has 126 valence electrons. The number of hydrogen-bond acceptors (Lipinski definition) is 3. The molecule has 1 aliphatic heterocycles. The Kier molecular flexibility index (Phi) is 3.64. The molecular formula is C19H23N3OS. The maximum absolute atomic E-state index is 12.2. The Labute approximate surface area is 146 Å². The van der Waals surface area contributed by atoms with Crippen LogP contribution < -0.4 is 5.32 Å². The van der Waals surface area contributed by atoms with Crippen LogP contribution in [0.15, 0.2) is 23.6 Å². The first-order valence-corrected chi connectivity index (χ1v) is 9.48. The highest BCUT2D eigenvalue weighted by atomic mass is 32.1. The maximum atomic E-state index is 12.2. The number of benzene rings is 1. The van der Waals surface area contributed by atoms with Crippen LogP contribution in [0.3, 0.4) is 0 Å². The Morgan fingerprint density at radius 1 is 1.42 bits per heavy atom. The van der Waals surface area contributed by atoms with Crippen molar-refractivity contribution < 1.29 is 4.79 Å². The molecule has 2 N–H and O–H groups in total. The number of guanidine groups is 1. The molecule has 1 saturated carbocycles. The molecule has 4 rings (SSSR count). The quantitative estimate of drug-likeness (QED) is 0.887. The molecule has 1 atom stereocenters. The molecule has 2 aliphatic rings. The number of amides is 1. The number of nitrogens with one attached hydrogen (secondary N) is 2. The van der Waals surface area contributed by atoms with Gasteiger partial charge in [-0.25, -0.2) is 0 Å². The number of fused-ring (bicyclic) bond motifs is 1. The van der Waals surface area contributed by atoms with Crippen molar-refractivity contribution >= 4 is 33.3 Å². The number of carbonyl (C=O) groups excluding carboxylic acids is 1. The number of rotatable bonds is 4. The number of nitrogens with zero attached hydrogens (tertiary/aromatic N) is 1. The first-order valence-electron chi connectivity index (χ1n) is 8.60. The molecule has 1 aromatic carbocycles. The second kappa shape index (κ2) is 5.59. The summed E-state index contributed by atoms with van der Waals surface area (Å²) in [4.78, 5) is 13.6. The molecule has 4 nitrogen and oxygen atoms in total. The van der Waals surface area contributed by atoms with Crippen LogP contribution in [0.25, 0.3) is 10.1 Å². The minimum atomic E-state index is -0.509. The molecule has 5 heteroatoms. The van der Waals surface area contributed by atoms with E-state index in [1.54, 1.807) is 18.4 Å². The van der Waals surface area contributed by atoms with Crippen molar-refractivity contribution in [1.82, 2.24) is 10.2 Å². The fourth-order valence-electron chi connectivity index (χ4n) is 3.49. The number of thiophene rings is 1. The van der Waals surface area contributed by atoms with Crippen LogP contribution in [-0.2, 0) is 16.8 Å². The lowest BCUT2D eigenvalue weighted by molar-refractivity contribution is -0.129. The van der Waals surface area contributed by atoms with E-state index in [2.05, 4.69) is 28.9 Å². The van der Waals surface area contributed by atoms with Gasteiger partial charge in [0.2, 0.25) is 5.91 Å². The summed E-state index contributed by atoms with van der Waals surface area (Å²) in [5.74, 6) is 1.10. The van der Waals surface area contributed by atoms with Crippen molar-refractivity contribution in [3.63, 3.8) is 0 Å². The molecule has 2 heterocycles. The summed E-state index contributed by atoms with van der Waals surface area (Å²) in [6, 6.07) is 6.49. The zero-order chi connectivity index (χ0) is 16.9. The van der Waals surface area contributed by atoms with E-state index in [9.17, 15) is 4.79 Å². The molecule has 0 bridgehead atoms. The van der Waals surface area contributed by atoms with E-state index in [1.165, 1.54) is 39.8 Å². The smallest absolute Gasteiger partial charge is 0.231 e. The molecule has 2 aromatic rings. The topological polar surface area (TPSA) is 56.2 Å². The van der Waals surface area contributed by atoms with Gasteiger partial charge in [0, 0.05) is 11.7 Å². The van der Waals surface area contributed by atoms with Gasteiger partial charge in [0.15, 0.2) is 5.96 Å². The Morgan fingerprint density at radius 2 is 2.21 bits per heavy atom. The minimum Gasteiger partial charge on any atom is -0.346 e. The highest BCUT2D eigenvalue weighted by Crippen LogP contribution is 2.37. The fourth-order valence-corrected chi connectivity index (χ4v) is 4.47. The molecule has 1 amide bonds. The third-order valence-corrected chi connectivity index (χ3v) is 6.43.